The van der Waals surface area contributed by atoms with Gasteiger partial charge in [-0.1, -0.05) is 30.4 Å². The first-order valence-electron chi connectivity index (χ1n) is 7.10. The third kappa shape index (κ3) is 2.57. The summed E-state index contributed by atoms with van der Waals surface area (Å²) in [4.78, 5) is 10.9. The Balaban J connectivity index is 1.94. The molecule has 1 aromatic carbocycles. The van der Waals surface area contributed by atoms with E-state index in [4.69, 9.17) is 9.52 Å². The molecule has 0 amide bonds. The fraction of sp³-hybridized carbons (Fsp3) is 0.235. The van der Waals surface area contributed by atoms with Crippen molar-refractivity contribution >= 4 is 11.5 Å². The number of aromatic nitrogens is 2. The van der Waals surface area contributed by atoms with Crippen LogP contribution in [0.2, 0.25) is 0 Å². The maximum absolute atomic E-state index is 10.9. The summed E-state index contributed by atoms with van der Waals surface area (Å²) >= 11 is 0. The van der Waals surface area contributed by atoms with E-state index in [0.717, 1.165) is 22.3 Å². The van der Waals surface area contributed by atoms with Gasteiger partial charge in [-0.05, 0) is 37.8 Å². The lowest BCUT2D eigenvalue weighted by molar-refractivity contribution is -0.132. The molecule has 1 N–H and O–H groups in total. The summed E-state index contributed by atoms with van der Waals surface area (Å²) in [6, 6.07) is 6.01. The standard InChI is InChI=1S/C17H16N2O3/c1-10-4-3-5-11(2)14(10)16-19-18-15(22-16)12-6-8-13(9-7-12)17(20)21/h3-6,8H,7,9H2,1-2H3,(H,20,21). The van der Waals surface area contributed by atoms with Gasteiger partial charge in [0.25, 0.3) is 0 Å². The van der Waals surface area contributed by atoms with Crippen LogP contribution in [-0.4, -0.2) is 21.3 Å². The lowest BCUT2D eigenvalue weighted by atomic mass is 9.98. The number of carboxylic acids is 1. The van der Waals surface area contributed by atoms with Gasteiger partial charge in [0.2, 0.25) is 11.8 Å². The van der Waals surface area contributed by atoms with E-state index < -0.39 is 5.97 Å². The second kappa shape index (κ2) is 5.60. The quantitative estimate of drug-likeness (QED) is 0.937. The molecule has 22 heavy (non-hydrogen) atoms. The van der Waals surface area contributed by atoms with Crippen molar-refractivity contribution < 1.29 is 14.3 Å². The van der Waals surface area contributed by atoms with Crippen LogP contribution in [0.15, 0.2) is 40.3 Å². The van der Waals surface area contributed by atoms with Crippen LogP contribution in [0, 0.1) is 13.8 Å². The number of hydrogen-bond acceptors (Lipinski definition) is 4. The number of allylic oxidation sites excluding steroid dienone is 3. The van der Waals surface area contributed by atoms with E-state index in [-0.39, 0.29) is 0 Å². The van der Waals surface area contributed by atoms with E-state index in [1.807, 2.05) is 32.0 Å². The van der Waals surface area contributed by atoms with Crippen molar-refractivity contribution in [3.8, 4) is 11.5 Å². The molecular weight excluding hydrogens is 280 g/mol. The van der Waals surface area contributed by atoms with Crippen LogP contribution in [-0.2, 0) is 4.79 Å². The van der Waals surface area contributed by atoms with E-state index in [9.17, 15) is 4.79 Å². The van der Waals surface area contributed by atoms with Crippen molar-refractivity contribution in [2.75, 3.05) is 0 Å². The SMILES string of the molecule is Cc1cccc(C)c1-c1nnc(C2=CC=C(C(=O)O)CC2)o1. The van der Waals surface area contributed by atoms with Crippen molar-refractivity contribution in [3.05, 3.63) is 52.9 Å². The molecule has 3 rings (SSSR count). The highest BCUT2D eigenvalue weighted by molar-refractivity contribution is 5.88. The highest BCUT2D eigenvalue weighted by atomic mass is 16.4. The Morgan fingerprint density at radius 3 is 2.36 bits per heavy atom. The van der Waals surface area contributed by atoms with Gasteiger partial charge in [0.1, 0.15) is 0 Å². The first-order chi connectivity index (χ1) is 10.6. The molecule has 1 heterocycles. The molecule has 5 heteroatoms. The summed E-state index contributed by atoms with van der Waals surface area (Å²) in [7, 11) is 0. The zero-order valence-corrected chi connectivity index (χ0v) is 12.5. The fourth-order valence-corrected chi connectivity index (χ4v) is 2.60. The summed E-state index contributed by atoms with van der Waals surface area (Å²) in [6.45, 7) is 4.02. The Morgan fingerprint density at radius 2 is 1.77 bits per heavy atom. The smallest absolute Gasteiger partial charge is 0.331 e. The second-order valence-corrected chi connectivity index (χ2v) is 5.37. The predicted octanol–water partition coefficient (Wildman–Crippen LogP) is 3.54. The molecule has 0 saturated carbocycles. The molecule has 5 nitrogen and oxygen atoms in total. The molecule has 0 saturated heterocycles. The lowest BCUT2D eigenvalue weighted by Crippen LogP contribution is -2.03. The number of rotatable bonds is 3. The lowest BCUT2D eigenvalue weighted by Gasteiger charge is -2.08. The second-order valence-electron chi connectivity index (χ2n) is 5.37. The van der Waals surface area contributed by atoms with Crippen LogP contribution in [0.5, 0.6) is 0 Å². The van der Waals surface area contributed by atoms with Gasteiger partial charge in [-0.2, -0.15) is 0 Å². The highest BCUT2D eigenvalue weighted by Crippen LogP contribution is 2.30. The minimum absolute atomic E-state index is 0.401. The Kier molecular flexibility index (Phi) is 3.63. The van der Waals surface area contributed by atoms with Gasteiger partial charge in [-0.15, -0.1) is 10.2 Å². The van der Waals surface area contributed by atoms with E-state index >= 15 is 0 Å². The highest BCUT2D eigenvalue weighted by Gasteiger charge is 2.19. The van der Waals surface area contributed by atoms with Gasteiger partial charge in [-0.25, -0.2) is 4.79 Å². The van der Waals surface area contributed by atoms with E-state index in [2.05, 4.69) is 10.2 Å². The van der Waals surface area contributed by atoms with Crippen LogP contribution in [0.1, 0.15) is 29.9 Å². The van der Waals surface area contributed by atoms with E-state index in [1.165, 1.54) is 0 Å². The summed E-state index contributed by atoms with van der Waals surface area (Å²) in [5, 5.41) is 17.2. The minimum atomic E-state index is -0.878. The summed E-state index contributed by atoms with van der Waals surface area (Å²) in [6.07, 6.45) is 4.41. The van der Waals surface area contributed by atoms with Crippen molar-refractivity contribution in [2.45, 2.75) is 26.7 Å². The molecule has 1 aliphatic rings. The van der Waals surface area contributed by atoms with Crippen LogP contribution >= 0.6 is 0 Å². The fourth-order valence-electron chi connectivity index (χ4n) is 2.60. The molecule has 112 valence electrons. The first kappa shape index (κ1) is 14.3. The molecule has 0 aliphatic heterocycles. The number of aryl methyl sites for hydroxylation is 2. The number of hydrogen-bond donors (Lipinski definition) is 1. The molecule has 0 bridgehead atoms. The summed E-state index contributed by atoms with van der Waals surface area (Å²) < 4.78 is 5.80. The number of aliphatic carboxylic acids is 1. The summed E-state index contributed by atoms with van der Waals surface area (Å²) in [5.41, 5.74) is 4.40. The van der Waals surface area contributed by atoms with Gasteiger partial charge < -0.3 is 9.52 Å². The number of nitrogens with zero attached hydrogens (tertiary/aromatic N) is 2. The normalized spacial score (nSPS) is 14.5. The first-order valence-corrected chi connectivity index (χ1v) is 7.10. The Labute approximate surface area is 128 Å². The van der Waals surface area contributed by atoms with Crippen LogP contribution in [0.4, 0.5) is 0 Å². The van der Waals surface area contributed by atoms with Crippen molar-refractivity contribution in [1.82, 2.24) is 10.2 Å². The molecule has 0 unspecified atom stereocenters. The van der Waals surface area contributed by atoms with Crippen LogP contribution in [0.3, 0.4) is 0 Å². The van der Waals surface area contributed by atoms with Gasteiger partial charge >= 0.3 is 5.97 Å². The van der Waals surface area contributed by atoms with E-state index in [1.54, 1.807) is 12.2 Å². The third-order valence-corrected chi connectivity index (χ3v) is 3.82. The van der Waals surface area contributed by atoms with Crippen molar-refractivity contribution in [1.29, 1.82) is 0 Å². The van der Waals surface area contributed by atoms with Gasteiger partial charge in [0.05, 0.1) is 0 Å². The molecule has 1 aromatic heterocycles. The Morgan fingerprint density at radius 1 is 1.09 bits per heavy atom. The van der Waals surface area contributed by atoms with Gasteiger partial charge in [0.15, 0.2) is 0 Å². The van der Waals surface area contributed by atoms with Gasteiger partial charge in [-0.3, -0.25) is 0 Å². The molecule has 1 aliphatic carbocycles. The average molecular weight is 296 g/mol. The van der Waals surface area contributed by atoms with Gasteiger partial charge in [0, 0.05) is 16.7 Å². The largest absolute Gasteiger partial charge is 0.478 e. The van der Waals surface area contributed by atoms with E-state index in [0.29, 0.717) is 30.2 Å². The molecule has 0 fully saturated rings. The monoisotopic (exact) mass is 296 g/mol. The molecule has 2 aromatic rings. The topological polar surface area (TPSA) is 76.2 Å². The molecule has 0 atom stereocenters. The average Bonchev–Trinajstić information content (AvgIpc) is 2.97. The Hall–Kier alpha value is -2.69. The predicted molar refractivity (Wildman–Crippen MR) is 82.1 cm³/mol. The zero-order valence-electron chi connectivity index (χ0n) is 12.5. The third-order valence-electron chi connectivity index (χ3n) is 3.82. The minimum Gasteiger partial charge on any atom is -0.478 e. The molecule has 0 radical (unpaired) electrons. The van der Waals surface area contributed by atoms with Crippen molar-refractivity contribution in [3.63, 3.8) is 0 Å². The number of carbonyl (C=O) groups is 1. The molecular formula is C17H16N2O3. The number of benzene rings is 1. The maximum Gasteiger partial charge on any atom is 0.331 e. The summed E-state index contributed by atoms with van der Waals surface area (Å²) in [5.74, 6) is 0.0786. The zero-order chi connectivity index (χ0) is 15.7. The van der Waals surface area contributed by atoms with Crippen molar-refractivity contribution in [2.24, 2.45) is 0 Å². The molecule has 0 spiro atoms. The van der Waals surface area contributed by atoms with Crippen LogP contribution in [0.25, 0.3) is 17.0 Å². The van der Waals surface area contributed by atoms with Crippen LogP contribution < -0.4 is 0 Å². The Bertz CT molecular complexity index is 780. The number of carboxylic acid groups (broad SMARTS) is 1. The maximum atomic E-state index is 10.9.